The van der Waals surface area contributed by atoms with Crippen LogP contribution in [-0.4, -0.2) is 17.1 Å². The first kappa shape index (κ1) is 13.6. The van der Waals surface area contributed by atoms with Gasteiger partial charge in [0.25, 0.3) is 6.47 Å². The number of ether oxygens (including phenoxy) is 1. The number of aryl methyl sites for hydroxylation is 1. The molecule has 0 N–H and O–H groups in total. The first-order valence-electron chi connectivity index (χ1n) is 4.04. The van der Waals surface area contributed by atoms with Gasteiger partial charge < -0.3 is 4.74 Å². The lowest BCUT2D eigenvalue weighted by molar-refractivity contribution is -0.138. The van der Waals surface area contributed by atoms with E-state index in [-0.39, 0.29) is 5.60 Å². The zero-order valence-corrected chi connectivity index (χ0v) is 11.1. The lowest BCUT2D eigenvalue weighted by Crippen LogP contribution is -2.17. The molecule has 1 heterocycles. The summed E-state index contributed by atoms with van der Waals surface area (Å²) in [5.41, 5.74) is 0.763. The zero-order chi connectivity index (χ0) is 11.2. The molecule has 80 valence electrons. The smallest absolute Gasteiger partial charge is 0.293 e. The minimum absolute atomic E-state index is 0.318. The molecule has 0 fully saturated rings. The molecule has 0 atom stereocenters. The second kappa shape index (κ2) is 6.14. The number of carbonyl (C=O) groups excluding carboxylic acids is 1. The van der Waals surface area contributed by atoms with Crippen molar-refractivity contribution in [3.63, 3.8) is 0 Å². The van der Waals surface area contributed by atoms with E-state index < -0.39 is 0 Å². The summed E-state index contributed by atoms with van der Waals surface area (Å²) >= 11 is 4.85. The van der Waals surface area contributed by atoms with Gasteiger partial charge in [0.2, 0.25) is 0 Å². The molecule has 0 aromatic carbocycles. The second-order valence-corrected chi connectivity index (χ2v) is 5.70. The Labute approximate surface area is 96.6 Å². The molecule has 5 heteroatoms. The summed E-state index contributed by atoms with van der Waals surface area (Å²) < 4.78 is 5.51. The van der Waals surface area contributed by atoms with Crippen LogP contribution in [0.1, 0.15) is 26.5 Å². The maximum atomic E-state index is 9.60. The maximum Gasteiger partial charge on any atom is 0.293 e. The molecule has 0 aliphatic rings. The lowest BCUT2D eigenvalue weighted by atomic mass is 10.2. The van der Waals surface area contributed by atoms with E-state index in [1.165, 1.54) is 0 Å². The summed E-state index contributed by atoms with van der Waals surface area (Å²) in [4.78, 5) is 13.6. The summed E-state index contributed by atoms with van der Waals surface area (Å²) in [6, 6.07) is 0. The van der Waals surface area contributed by atoms with E-state index in [0.717, 1.165) is 9.61 Å². The third-order valence-corrected chi connectivity index (χ3v) is 2.48. The van der Waals surface area contributed by atoms with Crippen LogP contribution in [0.3, 0.4) is 0 Å². The number of thiazole rings is 1. The third kappa shape index (κ3) is 8.19. The van der Waals surface area contributed by atoms with E-state index in [2.05, 4.69) is 25.7 Å². The summed E-state index contributed by atoms with van der Waals surface area (Å²) in [5, 5.41) is 2.00. The second-order valence-electron chi connectivity index (χ2n) is 3.57. The van der Waals surface area contributed by atoms with Gasteiger partial charge >= 0.3 is 0 Å². The molecule has 3 nitrogen and oxygen atoms in total. The van der Waals surface area contributed by atoms with Crippen molar-refractivity contribution < 1.29 is 9.53 Å². The highest BCUT2D eigenvalue weighted by Crippen LogP contribution is 2.14. The SMILES string of the molecule is CC(C)(C)OC=O.Cc1csc(Br)n1. The van der Waals surface area contributed by atoms with Gasteiger partial charge in [0.05, 0.1) is 0 Å². The number of nitrogens with zero attached hydrogens (tertiary/aromatic N) is 1. The molecular weight excluding hydrogens is 266 g/mol. The highest BCUT2D eigenvalue weighted by Gasteiger charge is 2.07. The topological polar surface area (TPSA) is 39.2 Å². The van der Waals surface area contributed by atoms with Gasteiger partial charge in [-0.05, 0) is 43.6 Å². The number of hydrogen-bond acceptors (Lipinski definition) is 4. The molecule has 0 aliphatic heterocycles. The lowest BCUT2D eigenvalue weighted by Gasteiger charge is -2.14. The predicted molar refractivity (Wildman–Crippen MR) is 61.5 cm³/mol. The Hall–Kier alpha value is -0.420. The average molecular weight is 280 g/mol. The molecule has 0 unspecified atom stereocenters. The first-order valence-corrected chi connectivity index (χ1v) is 5.71. The molecule has 1 aromatic heterocycles. The van der Waals surface area contributed by atoms with E-state index in [1.807, 2.05) is 33.1 Å². The van der Waals surface area contributed by atoms with Crippen molar-refractivity contribution in [2.24, 2.45) is 0 Å². The van der Waals surface area contributed by atoms with Crippen molar-refractivity contribution in [1.82, 2.24) is 4.98 Å². The van der Waals surface area contributed by atoms with Crippen LogP contribution in [0.15, 0.2) is 9.30 Å². The van der Waals surface area contributed by atoms with E-state index in [0.29, 0.717) is 6.47 Å². The summed E-state index contributed by atoms with van der Waals surface area (Å²) in [5.74, 6) is 0. The fourth-order valence-corrected chi connectivity index (χ4v) is 1.55. The molecule has 1 aromatic rings. The third-order valence-electron chi connectivity index (χ3n) is 0.993. The molecular formula is C9H14BrNO2S. The zero-order valence-electron chi connectivity index (χ0n) is 8.70. The Kier molecular flexibility index (Phi) is 5.95. The van der Waals surface area contributed by atoms with Gasteiger partial charge in [-0.1, -0.05) is 0 Å². The van der Waals surface area contributed by atoms with E-state index in [1.54, 1.807) is 11.3 Å². The Morgan fingerprint density at radius 1 is 1.57 bits per heavy atom. The molecule has 14 heavy (non-hydrogen) atoms. The van der Waals surface area contributed by atoms with Crippen LogP contribution >= 0.6 is 27.3 Å². The fourth-order valence-electron chi connectivity index (χ4n) is 0.470. The van der Waals surface area contributed by atoms with Crippen LogP contribution in [-0.2, 0) is 9.53 Å². The van der Waals surface area contributed by atoms with Crippen molar-refractivity contribution >= 4 is 33.7 Å². The number of halogens is 1. The van der Waals surface area contributed by atoms with Crippen LogP contribution in [0.4, 0.5) is 0 Å². The van der Waals surface area contributed by atoms with Gasteiger partial charge in [0.15, 0.2) is 3.92 Å². The largest absolute Gasteiger partial charge is 0.462 e. The molecule has 0 spiro atoms. The Balaban J connectivity index is 0.000000241. The predicted octanol–water partition coefficient (Wildman–Crippen LogP) is 3.17. The molecule has 0 radical (unpaired) electrons. The van der Waals surface area contributed by atoms with Gasteiger partial charge in [-0.3, -0.25) is 4.79 Å². The minimum Gasteiger partial charge on any atom is -0.462 e. The summed E-state index contributed by atoms with van der Waals surface area (Å²) in [6.07, 6.45) is 0. The normalized spacial score (nSPS) is 10.1. The molecule has 0 bridgehead atoms. The van der Waals surface area contributed by atoms with Crippen molar-refractivity contribution in [3.05, 3.63) is 15.0 Å². The standard InChI is InChI=1S/C5H10O2.C4H4BrNS/c1-5(2,3)7-4-6;1-3-2-7-4(5)6-3/h4H,1-3H3;2H,1H3. The number of carbonyl (C=O) groups is 1. The van der Waals surface area contributed by atoms with Gasteiger partial charge in [-0.25, -0.2) is 4.98 Å². The molecule has 0 saturated carbocycles. The van der Waals surface area contributed by atoms with Crippen LogP contribution in [0.25, 0.3) is 0 Å². The Bertz CT molecular complexity index is 264. The van der Waals surface area contributed by atoms with Gasteiger partial charge in [-0.2, -0.15) is 0 Å². The monoisotopic (exact) mass is 279 g/mol. The van der Waals surface area contributed by atoms with Crippen LogP contribution in [0.5, 0.6) is 0 Å². The highest BCUT2D eigenvalue weighted by molar-refractivity contribution is 9.11. The van der Waals surface area contributed by atoms with E-state index in [9.17, 15) is 4.79 Å². The Morgan fingerprint density at radius 3 is 2.21 bits per heavy atom. The van der Waals surface area contributed by atoms with E-state index in [4.69, 9.17) is 0 Å². The first-order chi connectivity index (χ1) is 6.35. The molecule has 0 saturated heterocycles. The number of aromatic nitrogens is 1. The van der Waals surface area contributed by atoms with E-state index >= 15 is 0 Å². The van der Waals surface area contributed by atoms with Crippen LogP contribution in [0.2, 0.25) is 0 Å². The van der Waals surface area contributed by atoms with Crippen molar-refractivity contribution in [1.29, 1.82) is 0 Å². The molecule has 1 rings (SSSR count). The fraction of sp³-hybridized carbons (Fsp3) is 0.556. The molecule has 0 amide bonds. The van der Waals surface area contributed by atoms with Gasteiger partial charge in [-0.15, -0.1) is 11.3 Å². The van der Waals surface area contributed by atoms with Crippen molar-refractivity contribution in [3.8, 4) is 0 Å². The van der Waals surface area contributed by atoms with Gasteiger partial charge in [0.1, 0.15) is 5.60 Å². The highest BCUT2D eigenvalue weighted by atomic mass is 79.9. The number of hydrogen-bond donors (Lipinski definition) is 0. The molecule has 0 aliphatic carbocycles. The van der Waals surface area contributed by atoms with Crippen molar-refractivity contribution in [2.45, 2.75) is 33.3 Å². The van der Waals surface area contributed by atoms with Crippen molar-refractivity contribution in [2.75, 3.05) is 0 Å². The summed E-state index contributed by atoms with van der Waals surface area (Å²) in [7, 11) is 0. The van der Waals surface area contributed by atoms with Crippen LogP contribution in [0, 0.1) is 6.92 Å². The number of rotatable bonds is 1. The minimum atomic E-state index is -0.318. The Morgan fingerprint density at radius 2 is 2.14 bits per heavy atom. The average Bonchev–Trinajstić information content (AvgIpc) is 2.33. The van der Waals surface area contributed by atoms with Gasteiger partial charge in [0, 0.05) is 11.1 Å². The quantitative estimate of drug-likeness (QED) is 0.742. The van der Waals surface area contributed by atoms with Crippen LogP contribution < -0.4 is 0 Å². The maximum absolute atomic E-state index is 9.60. The summed E-state index contributed by atoms with van der Waals surface area (Å²) in [6.45, 7) is 7.89.